The molecule has 1 rings (SSSR count). The van der Waals surface area contributed by atoms with Gasteiger partial charge < -0.3 is 10.6 Å². The molecule has 3 nitrogen and oxygen atoms in total. The molecule has 0 unspecified atom stereocenters. The molecule has 0 heterocycles. The number of carbonyl (C=O) groups excluding carboxylic acids is 1. The maximum atomic E-state index is 11.9. The second-order valence-corrected chi connectivity index (χ2v) is 4.98. The third kappa shape index (κ3) is 3.66. The van der Waals surface area contributed by atoms with E-state index in [1.54, 1.807) is 0 Å². The third-order valence-corrected chi connectivity index (χ3v) is 2.38. The van der Waals surface area contributed by atoms with Gasteiger partial charge in [0.05, 0.1) is 0 Å². The van der Waals surface area contributed by atoms with Crippen molar-refractivity contribution < 1.29 is 4.79 Å². The van der Waals surface area contributed by atoms with Crippen molar-refractivity contribution in [2.45, 2.75) is 58.0 Å². The smallest absolute Gasteiger partial charge is 0.224 e. The molecule has 2 N–H and O–H groups in total. The third-order valence-electron chi connectivity index (χ3n) is 2.38. The highest BCUT2D eigenvalue weighted by molar-refractivity contribution is 5.78. The molecule has 0 aromatic carbocycles. The van der Waals surface area contributed by atoms with Crippen LogP contribution in [-0.2, 0) is 4.79 Å². The zero-order chi connectivity index (χ0) is 10.8. The number of rotatable bonds is 5. The summed E-state index contributed by atoms with van der Waals surface area (Å²) in [7, 11) is 0. The van der Waals surface area contributed by atoms with Crippen LogP contribution in [0.1, 0.15) is 46.5 Å². The Kier molecular flexibility index (Phi) is 3.53. The van der Waals surface area contributed by atoms with Crippen LogP contribution in [0.4, 0.5) is 0 Å². The zero-order valence-corrected chi connectivity index (χ0v) is 9.55. The minimum atomic E-state index is -0.377. The van der Waals surface area contributed by atoms with E-state index in [0.717, 1.165) is 13.0 Å². The molecule has 0 atom stereocenters. The van der Waals surface area contributed by atoms with Crippen molar-refractivity contribution >= 4 is 5.91 Å². The largest absolute Gasteiger partial charge is 0.340 e. The fourth-order valence-corrected chi connectivity index (χ4v) is 1.63. The van der Waals surface area contributed by atoms with Gasteiger partial charge in [-0.2, -0.15) is 0 Å². The Labute approximate surface area is 86.6 Å². The van der Waals surface area contributed by atoms with E-state index in [0.29, 0.717) is 12.5 Å². The molecule has 3 heteroatoms. The van der Waals surface area contributed by atoms with E-state index < -0.39 is 0 Å². The van der Waals surface area contributed by atoms with Crippen LogP contribution in [0.15, 0.2) is 0 Å². The second kappa shape index (κ2) is 4.30. The normalized spacial score (nSPS) is 16.9. The number of hydrogen-bond acceptors (Lipinski definition) is 2. The standard InChI is InChI=1S/C11H22N2O/c1-4-7-13(9-5-6-9)10(14)8-11(2,3)12/h9H,4-8,12H2,1-3H3. The highest BCUT2D eigenvalue weighted by atomic mass is 16.2. The van der Waals surface area contributed by atoms with Crippen LogP contribution in [0, 0.1) is 0 Å². The van der Waals surface area contributed by atoms with Crippen molar-refractivity contribution in [2.75, 3.05) is 6.54 Å². The molecule has 1 amide bonds. The van der Waals surface area contributed by atoms with Crippen molar-refractivity contribution in [3.8, 4) is 0 Å². The predicted molar refractivity (Wildman–Crippen MR) is 57.9 cm³/mol. The molecule has 1 saturated carbocycles. The fourth-order valence-electron chi connectivity index (χ4n) is 1.63. The van der Waals surface area contributed by atoms with E-state index in [2.05, 4.69) is 6.92 Å². The first-order valence-corrected chi connectivity index (χ1v) is 5.52. The molecule has 0 aromatic rings. The van der Waals surface area contributed by atoms with Gasteiger partial charge in [-0.3, -0.25) is 4.79 Å². The van der Waals surface area contributed by atoms with Crippen LogP contribution in [-0.4, -0.2) is 28.9 Å². The SMILES string of the molecule is CCCN(C(=O)CC(C)(C)N)C1CC1. The van der Waals surface area contributed by atoms with E-state index in [9.17, 15) is 4.79 Å². The quantitative estimate of drug-likeness (QED) is 0.728. The van der Waals surface area contributed by atoms with Gasteiger partial charge in [-0.1, -0.05) is 6.92 Å². The molecular formula is C11H22N2O. The molecule has 14 heavy (non-hydrogen) atoms. The Morgan fingerprint density at radius 1 is 1.50 bits per heavy atom. The highest BCUT2D eigenvalue weighted by Gasteiger charge is 2.33. The summed E-state index contributed by atoms with van der Waals surface area (Å²) in [5.41, 5.74) is 5.47. The lowest BCUT2D eigenvalue weighted by atomic mass is 10.0. The Morgan fingerprint density at radius 2 is 2.07 bits per heavy atom. The van der Waals surface area contributed by atoms with E-state index in [4.69, 9.17) is 5.73 Å². The zero-order valence-electron chi connectivity index (χ0n) is 9.55. The number of amides is 1. The van der Waals surface area contributed by atoms with E-state index >= 15 is 0 Å². The minimum absolute atomic E-state index is 0.224. The van der Waals surface area contributed by atoms with E-state index in [1.807, 2.05) is 18.7 Å². The average molecular weight is 198 g/mol. The molecule has 0 aromatic heterocycles. The number of carbonyl (C=O) groups is 1. The van der Waals surface area contributed by atoms with Crippen molar-refractivity contribution in [1.29, 1.82) is 0 Å². The Morgan fingerprint density at radius 3 is 2.43 bits per heavy atom. The molecule has 0 bridgehead atoms. The van der Waals surface area contributed by atoms with Gasteiger partial charge in [0, 0.05) is 24.5 Å². The Bertz CT molecular complexity index is 204. The number of hydrogen-bond donors (Lipinski definition) is 1. The lowest BCUT2D eigenvalue weighted by Gasteiger charge is -2.26. The van der Waals surface area contributed by atoms with Crippen LogP contribution in [0.5, 0.6) is 0 Å². The molecule has 1 fully saturated rings. The van der Waals surface area contributed by atoms with Gasteiger partial charge in [0.1, 0.15) is 0 Å². The van der Waals surface area contributed by atoms with Crippen LogP contribution in [0.25, 0.3) is 0 Å². The summed E-state index contributed by atoms with van der Waals surface area (Å²) in [6, 6.07) is 0.518. The molecule has 0 aliphatic heterocycles. The van der Waals surface area contributed by atoms with Crippen molar-refractivity contribution in [3.05, 3.63) is 0 Å². The first kappa shape index (κ1) is 11.5. The van der Waals surface area contributed by atoms with Gasteiger partial charge in [-0.25, -0.2) is 0 Å². The van der Waals surface area contributed by atoms with Crippen molar-refractivity contribution in [3.63, 3.8) is 0 Å². The fraction of sp³-hybridized carbons (Fsp3) is 0.909. The van der Waals surface area contributed by atoms with Gasteiger partial charge in [0.15, 0.2) is 0 Å². The summed E-state index contributed by atoms with van der Waals surface area (Å²) in [5, 5.41) is 0. The minimum Gasteiger partial charge on any atom is -0.340 e. The lowest BCUT2D eigenvalue weighted by molar-refractivity contribution is -0.132. The average Bonchev–Trinajstić information content (AvgIpc) is 2.78. The van der Waals surface area contributed by atoms with Gasteiger partial charge in [-0.05, 0) is 33.1 Å². The van der Waals surface area contributed by atoms with Crippen LogP contribution >= 0.6 is 0 Å². The molecular weight excluding hydrogens is 176 g/mol. The highest BCUT2D eigenvalue weighted by Crippen LogP contribution is 2.28. The second-order valence-electron chi connectivity index (χ2n) is 4.98. The Balaban J connectivity index is 2.46. The summed E-state index contributed by atoms with van der Waals surface area (Å²) >= 11 is 0. The monoisotopic (exact) mass is 198 g/mol. The van der Waals surface area contributed by atoms with Crippen LogP contribution in [0.2, 0.25) is 0 Å². The van der Waals surface area contributed by atoms with Crippen molar-refractivity contribution in [2.24, 2.45) is 5.73 Å². The van der Waals surface area contributed by atoms with Crippen LogP contribution < -0.4 is 5.73 Å². The van der Waals surface area contributed by atoms with Gasteiger partial charge in [-0.15, -0.1) is 0 Å². The molecule has 82 valence electrons. The maximum absolute atomic E-state index is 11.9. The molecule has 1 aliphatic carbocycles. The summed E-state index contributed by atoms with van der Waals surface area (Å²) in [4.78, 5) is 13.9. The Hall–Kier alpha value is -0.570. The molecule has 0 saturated heterocycles. The molecule has 0 radical (unpaired) electrons. The topological polar surface area (TPSA) is 46.3 Å². The summed E-state index contributed by atoms with van der Waals surface area (Å²) in [5.74, 6) is 0.224. The lowest BCUT2D eigenvalue weighted by Crippen LogP contribution is -2.42. The summed E-state index contributed by atoms with van der Waals surface area (Å²) < 4.78 is 0. The van der Waals surface area contributed by atoms with E-state index in [-0.39, 0.29) is 11.4 Å². The van der Waals surface area contributed by atoms with E-state index in [1.165, 1.54) is 12.8 Å². The predicted octanol–water partition coefficient (Wildman–Crippen LogP) is 1.51. The number of nitrogens with two attached hydrogens (primary N) is 1. The van der Waals surface area contributed by atoms with Crippen molar-refractivity contribution in [1.82, 2.24) is 4.90 Å². The summed E-state index contributed by atoms with van der Waals surface area (Å²) in [6.45, 7) is 6.81. The van der Waals surface area contributed by atoms with Gasteiger partial charge >= 0.3 is 0 Å². The maximum Gasteiger partial charge on any atom is 0.224 e. The molecule has 0 spiro atoms. The summed E-state index contributed by atoms with van der Waals surface area (Å²) in [6.07, 6.45) is 3.85. The van der Waals surface area contributed by atoms with Crippen LogP contribution in [0.3, 0.4) is 0 Å². The van der Waals surface area contributed by atoms with Gasteiger partial charge in [0.2, 0.25) is 5.91 Å². The van der Waals surface area contributed by atoms with Gasteiger partial charge in [0.25, 0.3) is 0 Å². The first-order valence-electron chi connectivity index (χ1n) is 5.52. The first-order chi connectivity index (χ1) is 6.44. The molecule has 1 aliphatic rings. The number of nitrogens with zero attached hydrogens (tertiary/aromatic N) is 1.